The molecule has 3 heterocycles. The number of nitrogens with zero attached hydrogens (tertiary/aromatic N) is 5. The molecule has 0 spiro atoms. The summed E-state index contributed by atoms with van der Waals surface area (Å²) >= 11 is 0. The fraction of sp³-hybridized carbons (Fsp3) is 0.440. The lowest BCUT2D eigenvalue weighted by molar-refractivity contribution is -0.132. The van der Waals surface area contributed by atoms with Gasteiger partial charge in [0.2, 0.25) is 11.9 Å². The number of hydrogen-bond acceptors (Lipinski definition) is 7. The van der Waals surface area contributed by atoms with E-state index < -0.39 is 0 Å². The average Bonchev–Trinajstić information content (AvgIpc) is 3.44. The van der Waals surface area contributed by atoms with Crippen LogP contribution in [0, 0.1) is 13.8 Å². The smallest absolute Gasteiger partial charge is 0.225 e. The third kappa shape index (κ3) is 4.55. The number of aromatic nitrogens is 3. The standard InChI is InChI=1S/C25H31N5O3/c1-16-17(2)28-33-24(16)19-15-26-25(29(3)4)27-23(19)20-10-8-14-30(20)22(31)13-12-18-9-6-7-11-21(18)32-5/h6-7,9,11,15,20H,8,10,12-14H2,1-5H3. The van der Waals surface area contributed by atoms with Gasteiger partial charge in [-0.2, -0.15) is 0 Å². The van der Waals surface area contributed by atoms with Crippen LogP contribution < -0.4 is 9.64 Å². The van der Waals surface area contributed by atoms with Gasteiger partial charge >= 0.3 is 0 Å². The summed E-state index contributed by atoms with van der Waals surface area (Å²) in [5.41, 5.74) is 4.45. The van der Waals surface area contributed by atoms with Crippen LogP contribution in [0.15, 0.2) is 35.0 Å². The molecule has 0 radical (unpaired) electrons. The minimum atomic E-state index is -0.128. The second-order valence-electron chi connectivity index (χ2n) is 8.64. The summed E-state index contributed by atoms with van der Waals surface area (Å²) in [5.74, 6) is 2.20. The van der Waals surface area contributed by atoms with E-state index in [9.17, 15) is 4.79 Å². The predicted octanol–water partition coefficient (Wildman–Crippen LogP) is 4.12. The van der Waals surface area contributed by atoms with Gasteiger partial charge in [-0.1, -0.05) is 23.4 Å². The van der Waals surface area contributed by atoms with E-state index in [-0.39, 0.29) is 11.9 Å². The van der Waals surface area contributed by atoms with E-state index >= 15 is 0 Å². The number of rotatable bonds is 7. The molecule has 33 heavy (non-hydrogen) atoms. The van der Waals surface area contributed by atoms with Gasteiger partial charge in [0.05, 0.1) is 30.1 Å². The molecule has 174 valence electrons. The van der Waals surface area contributed by atoms with Crippen molar-refractivity contribution >= 4 is 11.9 Å². The molecule has 1 fully saturated rings. The van der Waals surface area contributed by atoms with E-state index in [1.54, 1.807) is 13.3 Å². The van der Waals surface area contributed by atoms with E-state index in [2.05, 4.69) is 10.1 Å². The lowest BCUT2D eigenvalue weighted by Crippen LogP contribution is -2.32. The number of aryl methyl sites for hydroxylation is 2. The first-order chi connectivity index (χ1) is 15.9. The van der Waals surface area contributed by atoms with Crippen molar-refractivity contribution in [3.05, 3.63) is 53.0 Å². The largest absolute Gasteiger partial charge is 0.496 e. The maximum absolute atomic E-state index is 13.3. The Morgan fingerprint density at radius 3 is 2.76 bits per heavy atom. The number of benzene rings is 1. The third-order valence-electron chi connectivity index (χ3n) is 6.30. The number of carbonyl (C=O) groups is 1. The van der Waals surface area contributed by atoms with Crippen LogP contribution in [-0.4, -0.2) is 53.7 Å². The molecule has 1 aliphatic heterocycles. The van der Waals surface area contributed by atoms with Crippen LogP contribution in [0.3, 0.4) is 0 Å². The highest BCUT2D eigenvalue weighted by Gasteiger charge is 2.34. The molecule has 1 aromatic carbocycles. The minimum absolute atomic E-state index is 0.116. The minimum Gasteiger partial charge on any atom is -0.496 e. The summed E-state index contributed by atoms with van der Waals surface area (Å²) in [6.07, 6.45) is 4.62. The first kappa shape index (κ1) is 22.8. The second-order valence-corrected chi connectivity index (χ2v) is 8.64. The fourth-order valence-electron chi connectivity index (χ4n) is 4.34. The van der Waals surface area contributed by atoms with Crippen molar-refractivity contribution in [3.8, 4) is 17.1 Å². The number of amides is 1. The lowest BCUT2D eigenvalue weighted by Gasteiger charge is -2.26. The topological polar surface area (TPSA) is 84.6 Å². The number of para-hydroxylation sites is 1. The molecule has 1 atom stereocenters. The van der Waals surface area contributed by atoms with Crippen molar-refractivity contribution in [2.75, 3.05) is 32.6 Å². The van der Waals surface area contributed by atoms with Gasteiger partial charge in [0, 0.05) is 38.8 Å². The van der Waals surface area contributed by atoms with E-state index in [0.29, 0.717) is 31.1 Å². The van der Waals surface area contributed by atoms with Crippen LogP contribution in [-0.2, 0) is 11.2 Å². The molecule has 8 nitrogen and oxygen atoms in total. The van der Waals surface area contributed by atoms with Crippen LogP contribution in [0.1, 0.15) is 47.8 Å². The van der Waals surface area contributed by atoms with Crippen molar-refractivity contribution in [3.63, 3.8) is 0 Å². The van der Waals surface area contributed by atoms with Gasteiger partial charge < -0.3 is 19.1 Å². The third-order valence-corrected chi connectivity index (χ3v) is 6.30. The molecule has 0 saturated carbocycles. The van der Waals surface area contributed by atoms with E-state index in [0.717, 1.165) is 46.7 Å². The van der Waals surface area contributed by atoms with Gasteiger partial charge in [-0.3, -0.25) is 4.79 Å². The summed E-state index contributed by atoms with van der Waals surface area (Å²) in [5, 5.41) is 4.12. The number of carbonyl (C=O) groups excluding carboxylic acids is 1. The zero-order chi connectivity index (χ0) is 23.5. The van der Waals surface area contributed by atoms with Crippen molar-refractivity contribution < 1.29 is 14.1 Å². The Morgan fingerprint density at radius 1 is 1.27 bits per heavy atom. The Bertz CT molecular complexity index is 1140. The van der Waals surface area contributed by atoms with Gasteiger partial charge in [0.1, 0.15) is 5.75 Å². The Labute approximate surface area is 194 Å². The molecule has 4 rings (SSSR count). The Kier molecular flexibility index (Phi) is 6.62. The van der Waals surface area contributed by atoms with Gasteiger partial charge in [-0.25, -0.2) is 9.97 Å². The highest BCUT2D eigenvalue weighted by Crippen LogP contribution is 2.39. The molecular formula is C25H31N5O3. The first-order valence-corrected chi connectivity index (χ1v) is 11.3. The quantitative estimate of drug-likeness (QED) is 0.536. The zero-order valence-corrected chi connectivity index (χ0v) is 20.0. The van der Waals surface area contributed by atoms with Gasteiger partial charge in [0.15, 0.2) is 5.76 Å². The molecule has 1 saturated heterocycles. The first-order valence-electron chi connectivity index (χ1n) is 11.3. The normalized spacial score (nSPS) is 15.7. The number of methoxy groups -OCH3 is 1. The molecule has 0 aliphatic carbocycles. The maximum atomic E-state index is 13.3. The molecule has 1 aliphatic rings. The second kappa shape index (κ2) is 9.60. The lowest BCUT2D eigenvalue weighted by atomic mass is 10.0. The molecule has 0 bridgehead atoms. The molecule has 1 amide bonds. The molecule has 3 aromatic rings. The summed E-state index contributed by atoms with van der Waals surface area (Å²) in [6.45, 7) is 4.61. The number of ether oxygens (including phenoxy) is 1. The summed E-state index contributed by atoms with van der Waals surface area (Å²) in [7, 11) is 5.48. The van der Waals surface area contributed by atoms with E-state index in [4.69, 9.17) is 14.2 Å². The predicted molar refractivity (Wildman–Crippen MR) is 126 cm³/mol. The van der Waals surface area contributed by atoms with E-state index in [1.807, 2.05) is 62.0 Å². The molecule has 1 unspecified atom stereocenters. The van der Waals surface area contributed by atoms with Crippen LogP contribution in [0.5, 0.6) is 5.75 Å². The van der Waals surface area contributed by atoms with Crippen molar-refractivity contribution in [1.29, 1.82) is 0 Å². The van der Waals surface area contributed by atoms with Crippen molar-refractivity contribution in [2.45, 2.75) is 45.6 Å². The van der Waals surface area contributed by atoms with Crippen LogP contribution in [0.25, 0.3) is 11.3 Å². The fourth-order valence-corrected chi connectivity index (χ4v) is 4.34. The Morgan fingerprint density at radius 2 is 2.06 bits per heavy atom. The Hall–Kier alpha value is -3.42. The summed E-state index contributed by atoms with van der Waals surface area (Å²) < 4.78 is 11.1. The molecule has 0 N–H and O–H groups in total. The maximum Gasteiger partial charge on any atom is 0.225 e. The van der Waals surface area contributed by atoms with Gasteiger partial charge in [-0.05, 0) is 44.7 Å². The molecule has 2 aromatic heterocycles. The van der Waals surface area contributed by atoms with Crippen molar-refractivity contribution in [2.24, 2.45) is 0 Å². The average molecular weight is 450 g/mol. The molecule has 8 heteroatoms. The number of likely N-dealkylation sites (tertiary alicyclic amines) is 1. The van der Waals surface area contributed by atoms with Crippen LogP contribution in [0.4, 0.5) is 5.95 Å². The van der Waals surface area contributed by atoms with Crippen LogP contribution in [0.2, 0.25) is 0 Å². The highest BCUT2D eigenvalue weighted by molar-refractivity contribution is 5.78. The van der Waals surface area contributed by atoms with E-state index in [1.165, 1.54) is 0 Å². The van der Waals surface area contributed by atoms with Gasteiger partial charge in [0.25, 0.3) is 0 Å². The highest BCUT2D eigenvalue weighted by atomic mass is 16.5. The monoisotopic (exact) mass is 449 g/mol. The zero-order valence-electron chi connectivity index (χ0n) is 20.0. The Balaban J connectivity index is 1.63. The van der Waals surface area contributed by atoms with Crippen molar-refractivity contribution in [1.82, 2.24) is 20.0 Å². The molecular weight excluding hydrogens is 418 g/mol. The van der Waals surface area contributed by atoms with Gasteiger partial charge in [-0.15, -0.1) is 0 Å². The number of anilines is 1. The summed E-state index contributed by atoms with van der Waals surface area (Å²) in [6, 6.07) is 7.72. The summed E-state index contributed by atoms with van der Waals surface area (Å²) in [4.78, 5) is 26.5. The van der Waals surface area contributed by atoms with Crippen LogP contribution >= 0.6 is 0 Å². The SMILES string of the molecule is COc1ccccc1CCC(=O)N1CCCC1c1nc(N(C)C)ncc1-c1onc(C)c1C. The number of hydrogen-bond donors (Lipinski definition) is 0.